The van der Waals surface area contributed by atoms with Gasteiger partial charge in [0.2, 0.25) is 11.8 Å². The number of nitrogens with one attached hydrogen (secondary N) is 2. The monoisotopic (exact) mass is 373 g/mol. The molecule has 0 aliphatic carbocycles. The maximum atomic E-state index is 10.2. The maximum absolute atomic E-state index is 10.2. The molecule has 1 rings (SSSR count). The Morgan fingerprint density at radius 2 is 1.42 bits per heavy atom. The first-order valence-corrected chi connectivity index (χ1v) is 10.3. The van der Waals surface area contributed by atoms with Crippen molar-refractivity contribution >= 4 is 11.8 Å². The van der Waals surface area contributed by atoms with Gasteiger partial charge < -0.3 is 20.3 Å². The van der Waals surface area contributed by atoms with E-state index in [1.165, 1.54) is 39.8 Å². The van der Waals surface area contributed by atoms with Gasteiger partial charge in [-0.25, -0.2) is 0 Å². The number of rotatable bonds is 10. The average Bonchev–Trinajstić information content (AvgIpc) is 3.11. The van der Waals surface area contributed by atoms with Gasteiger partial charge in [0.1, 0.15) is 0 Å². The Balaban J connectivity index is 0. The number of amides is 2. The molecule has 0 aromatic rings. The third kappa shape index (κ3) is 25.1. The molecule has 2 N–H and O–H groups in total. The lowest BCUT2D eigenvalue weighted by Crippen LogP contribution is -2.24. The summed E-state index contributed by atoms with van der Waals surface area (Å²) >= 11 is 0. The highest BCUT2D eigenvalue weighted by atomic mass is 16.5. The normalized spacial score (nSPS) is 13.1. The molecule has 6 heteroatoms. The zero-order valence-electron chi connectivity index (χ0n) is 17.9. The molecule has 0 aromatic carbocycles. The minimum atomic E-state index is 0.0573. The van der Waals surface area contributed by atoms with E-state index < -0.39 is 0 Å². The standard InChI is InChI=1S/C9H19NO.C6H13NO.C5H11NO/c1-2-8-11-9-7-10-5-3-4-6-10;1-3-4-5-7-6(2)8;1-3-4-6-5(2)7/h2-9H2,1H3;3-5H2,1-2H3,(H,7,8);3-4H2,1-2H3,(H,6,7). The Labute approximate surface area is 161 Å². The Morgan fingerprint density at radius 1 is 0.846 bits per heavy atom. The lowest BCUT2D eigenvalue weighted by molar-refractivity contribution is -0.119. The third-order valence-electron chi connectivity index (χ3n) is 3.63. The average molecular weight is 374 g/mol. The fraction of sp³-hybridized carbons (Fsp3) is 0.900. The van der Waals surface area contributed by atoms with E-state index in [9.17, 15) is 9.59 Å². The molecular formula is C20H43N3O3. The number of hydrogen-bond acceptors (Lipinski definition) is 4. The molecule has 2 amide bonds. The number of nitrogens with zero attached hydrogens (tertiary/aromatic N) is 1. The van der Waals surface area contributed by atoms with Crippen LogP contribution in [0.4, 0.5) is 0 Å². The molecule has 0 aromatic heterocycles. The van der Waals surface area contributed by atoms with Gasteiger partial charge in [0, 0.05) is 40.1 Å². The van der Waals surface area contributed by atoms with Crippen molar-refractivity contribution in [1.82, 2.24) is 15.5 Å². The molecule has 156 valence electrons. The second-order valence-electron chi connectivity index (χ2n) is 6.48. The summed E-state index contributed by atoms with van der Waals surface area (Å²) in [5.74, 6) is 0.125. The van der Waals surface area contributed by atoms with Gasteiger partial charge in [0.15, 0.2) is 0 Å². The van der Waals surface area contributed by atoms with Crippen molar-refractivity contribution in [3.8, 4) is 0 Å². The highest BCUT2D eigenvalue weighted by Gasteiger charge is 2.09. The molecule has 0 saturated carbocycles. The second-order valence-corrected chi connectivity index (χ2v) is 6.48. The molecule has 0 unspecified atom stereocenters. The van der Waals surface area contributed by atoms with Crippen LogP contribution in [0.15, 0.2) is 0 Å². The fourth-order valence-electron chi connectivity index (χ4n) is 2.19. The molecule has 0 spiro atoms. The van der Waals surface area contributed by atoms with Crippen LogP contribution in [0.2, 0.25) is 0 Å². The Morgan fingerprint density at radius 3 is 1.85 bits per heavy atom. The number of carbonyl (C=O) groups is 2. The summed E-state index contributed by atoms with van der Waals surface area (Å²) < 4.78 is 5.40. The van der Waals surface area contributed by atoms with E-state index in [1.54, 1.807) is 0 Å². The topological polar surface area (TPSA) is 70.7 Å². The van der Waals surface area contributed by atoms with Crippen LogP contribution in [0.25, 0.3) is 0 Å². The molecule has 1 aliphatic rings. The molecule has 1 heterocycles. The molecule has 1 saturated heterocycles. The van der Waals surface area contributed by atoms with Crippen LogP contribution in [0, 0.1) is 0 Å². The van der Waals surface area contributed by atoms with E-state index in [0.717, 1.165) is 58.5 Å². The Bertz CT molecular complexity index is 319. The lowest BCUT2D eigenvalue weighted by atomic mass is 10.3. The summed E-state index contributed by atoms with van der Waals surface area (Å²) in [5.41, 5.74) is 0. The van der Waals surface area contributed by atoms with Gasteiger partial charge in [-0.15, -0.1) is 0 Å². The summed E-state index contributed by atoms with van der Waals surface area (Å²) in [4.78, 5) is 22.8. The van der Waals surface area contributed by atoms with Gasteiger partial charge in [-0.05, 0) is 45.2 Å². The zero-order chi connectivity index (χ0) is 20.0. The second kappa shape index (κ2) is 21.9. The van der Waals surface area contributed by atoms with Gasteiger partial charge in [-0.1, -0.05) is 27.2 Å². The van der Waals surface area contributed by atoms with Gasteiger partial charge in [-0.3, -0.25) is 9.59 Å². The predicted octanol–water partition coefficient (Wildman–Crippen LogP) is 2.96. The van der Waals surface area contributed by atoms with Gasteiger partial charge >= 0.3 is 0 Å². The first-order valence-electron chi connectivity index (χ1n) is 10.3. The summed E-state index contributed by atoms with van der Waals surface area (Å²) in [6.07, 6.45) is 7.14. The van der Waals surface area contributed by atoms with E-state index in [0.29, 0.717) is 0 Å². The minimum Gasteiger partial charge on any atom is -0.380 e. The van der Waals surface area contributed by atoms with E-state index >= 15 is 0 Å². The smallest absolute Gasteiger partial charge is 0.216 e. The molecule has 26 heavy (non-hydrogen) atoms. The van der Waals surface area contributed by atoms with Crippen molar-refractivity contribution in [1.29, 1.82) is 0 Å². The van der Waals surface area contributed by atoms with Gasteiger partial charge in [-0.2, -0.15) is 0 Å². The minimum absolute atomic E-state index is 0.0573. The Hall–Kier alpha value is -1.14. The Kier molecular flexibility index (Phi) is 22.8. The predicted molar refractivity (Wildman–Crippen MR) is 109 cm³/mol. The van der Waals surface area contributed by atoms with Gasteiger partial charge in [0.05, 0.1) is 6.61 Å². The van der Waals surface area contributed by atoms with E-state index in [-0.39, 0.29) is 11.8 Å². The molecule has 1 aliphatic heterocycles. The van der Waals surface area contributed by atoms with Crippen molar-refractivity contribution in [2.24, 2.45) is 0 Å². The van der Waals surface area contributed by atoms with Crippen LogP contribution < -0.4 is 10.6 Å². The lowest BCUT2D eigenvalue weighted by Gasteiger charge is -2.13. The molecule has 1 fully saturated rings. The maximum Gasteiger partial charge on any atom is 0.216 e. The van der Waals surface area contributed by atoms with Crippen molar-refractivity contribution in [3.05, 3.63) is 0 Å². The highest BCUT2D eigenvalue weighted by molar-refractivity contribution is 5.72. The van der Waals surface area contributed by atoms with Gasteiger partial charge in [0.25, 0.3) is 0 Å². The number of hydrogen-bond donors (Lipinski definition) is 2. The van der Waals surface area contributed by atoms with Crippen LogP contribution in [0.5, 0.6) is 0 Å². The molecule has 6 nitrogen and oxygen atoms in total. The van der Waals surface area contributed by atoms with Crippen LogP contribution in [-0.4, -0.2) is 62.7 Å². The summed E-state index contributed by atoms with van der Waals surface area (Å²) in [7, 11) is 0. The van der Waals surface area contributed by atoms with Crippen LogP contribution in [0.1, 0.15) is 73.1 Å². The van der Waals surface area contributed by atoms with Crippen LogP contribution >= 0.6 is 0 Å². The quantitative estimate of drug-likeness (QED) is 0.578. The van der Waals surface area contributed by atoms with Crippen LogP contribution in [-0.2, 0) is 14.3 Å². The molecular weight excluding hydrogens is 330 g/mol. The number of carbonyl (C=O) groups excluding carboxylic acids is 2. The molecule has 0 radical (unpaired) electrons. The van der Waals surface area contributed by atoms with E-state index in [4.69, 9.17) is 4.74 Å². The fourth-order valence-corrected chi connectivity index (χ4v) is 2.19. The SMILES string of the molecule is CCCCNC(C)=O.CCCNC(C)=O.CCCOCCN1CCCC1. The van der Waals surface area contributed by atoms with Crippen molar-refractivity contribution < 1.29 is 14.3 Å². The third-order valence-corrected chi connectivity index (χ3v) is 3.63. The summed E-state index contributed by atoms with van der Waals surface area (Å²) in [5, 5.41) is 5.36. The largest absolute Gasteiger partial charge is 0.380 e. The summed E-state index contributed by atoms with van der Waals surface area (Å²) in [6.45, 7) is 16.5. The van der Waals surface area contributed by atoms with Crippen molar-refractivity contribution in [3.63, 3.8) is 0 Å². The number of unbranched alkanes of at least 4 members (excludes halogenated alkanes) is 1. The zero-order valence-corrected chi connectivity index (χ0v) is 17.9. The van der Waals surface area contributed by atoms with Crippen molar-refractivity contribution in [2.75, 3.05) is 45.9 Å². The number of ether oxygens (including phenoxy) is 1. The van der Waals surface area contributed by atoms with Crippen LogP contribution in [0.3, 0.4) is 0 Å². The first-order chi connectivity index (χ1) is 12.5. The first kappa shape index (κ1) is 27.1. The highest BCUT2D eigenvalue weighted by Crippen LogP contribution is 2.05. The van der Waals surface area contributed by atoms with E-state index in [1.807, 2.05) is 6.92 Å². The van der Waals surface area contributed by atoms with E-state index in [2.05, 4.69) is 29.4 Å². The number of likely N-dealkylation sites (tertiary alicyclic amines) is 1. The summed E-state index contributed by atoms with van der Waals surface area (Å²) in [6, 6.07) is 0. The molecule has 0 bridgehead atoms. The molecule has 0 atom stereocenters. The van der Waals surface area contributed by atoms with Crippen molar-refractivity contribution in [2.45, 2.75) is 73.1 Å².